The van der Waals surface area contributed by atoms with Crippen LogP contribution in [0.25, 0.3) is 0 Å². The smallest absolute Gasteiger partial charge is 0.306 e. The second kappa shape index (κ2) is 66.4. The van der Waals surface area contributed by atoms with Crippen molar-refractivity contribution in [3.05, 3.63) is 72.9 Å². The maximum Gasteiger partial charge on any atom is 0.306 e. The molecule has 0 aliphatic rings. The molecular weight excluding hydrogens is 961 g/mol. The fourth-order valence-electron chi connectivity index (χ4n) is 9.88. The van der Waals surface area contributed by atoms with Crippen LogP contribution < -0.4 is 0 Å². The van der Waals surface area contributed by atoms with Crippen LogP contribution in [0.5, 0.6) is 0 Å². The van der Waals surface area contributed by atoms with Crippen LogP contribution in [0.2, 0.25) is 0 Å². The standard InChI is InChI=1S/C72H128O6/c1-4-7-10-13-16-19-22-25-28-30-31-32-33-34-35-36-37-38-39-40-41-43-44-47-50-53-56-59-62-65-71(74)77-68-69(67-76-70(73)64-61-58-55-52-49-46-27-24-21-18-15-12-9-6-3)78-72(75)66-63-60-57-54-51-48-45-42-29-26-23-20-17-14-11-8-5-2/h7,10,16-17,19-20,25-26,28-29,31-32,69H,4-6,8-9,11-15,18,21-24,27,30,33-68H2,1-3H3/b10-7-,19-16-,20-17-,28-25-,29-26-,32-31-. The zero-order valence-corrected chi connectivity index (χ0v) is 51.9. The lowest BCUT2D eigenvalue weighted by Gasteiger charge is -2.18. The number of allylic oxidation sites excluding steroid dienone is 12. The van der Waals surface area contributed by atoms with Gasteiger partial charge in [-0.1, -0.05) is 312 Å². The van der Waals surface area contributed by atoms with Crippen molar-refractivity contribution < 1.29 is 28.6 Å². The SMILES string of the molecule is CC/C=C\C/C=C\C/C=C\C/C=C\CCCCCCCCCCCCCCCCCCC(=O)OCC(COC(=O)CCCCCCCCCCCCCCCC)OC(=O)CCCCCCCCC/C=C\C/C=C\CCCCC. The lowest BCUT2D eigenvalue weighted by molar-refractivity contribution is -0.167. The molecule has 6 heteroatoms. The van der Waals surface area contributed by atoms with Crippen LogP contribution in [-0.4, -0.2) is 37.2 Å². The van der Waals surface area contributed by atoms with Crippen LogP contribution in [0.15, 0.2) is 72.9 Å². The molecule has 1 atom stereocenters. The van der Waals surface area contributed by atoms with E-state index in [0.717, 1.165) is 96.3 Å². The number of hydrogen-bond acceptors (Lipinski definition) is 6. The minimum atomic E-state index is -0.777. The molecule has 0 aromatic heterocycles. The molecule has 0 spiro atoms. The quantitative estimate of drug-likeness (QED) is 0.0261. The fraction of sp³-hybridized carbons (Fsp3) is 0.792. The monoisotopic (exact) mass is 1090 g/mol. The van der Waals surface area contributed by atoms with Gasteiger partial charge in [-0.3, -0.25) is 14.4 Å². The summed E-state index contributed by atoms with van der Waals surface area (Å²) in [6, 6.07) is 0. The Morgan fingerprint density at radius 1 is 0.269 bits per heavy atom. The van der Waals surface area contributed by atoms with Gasteiger partial charge in [0.25, 0.3) is 0 Å². The number of unbranched alkanes of at least 4 members (excludes halogenated alkanes) is 39. The Morgan fingerprint density at radius 3 is 0.808 bits per heavy atom. The maximum atomic E-state index is 12.9. The Bertz CT molecular complexity index is 1440. The number of carbonyl (C=O) groups is 3. The topological polar surface area (TPSA) is 78.9 Å². The van der Waals surface area contributed by atoms with E-state index in [2.05, 4.69) is 93.7 Å². The molecule has 0 aromatic rings. The summed E-state index contributed by atoms with van der Waals surface area (Å²) in [5.41, 5.74) is 0. The summed E-state index contributed by atoms with van der Waals surface area (Å²) in [6.45, 7) is 6.55. The summed E-state index contributed by atoms with van der Waals surface area (Å²) in [7, 11) is 0. The number of ether oxygens (including phenoxy) is 3. The molecular formula is C72H128O6. The van der Waals surface area contributed by atoms with Gasteiger partial charge in [-0.15, -0.1) is 0 Å². The molecule has 0 radical (unpaired) electrons. The summed E-state index contributed by atoms with van der Waals surface area (Å²) < 4.78 is 17.0. The molecule has 452 valence electrons. The van der Waals surface area contributed by atoms with Gasteiger partial charge in [0.2, 0.25) is 0 Å². The molecule has 0 amide bonds. The zero-order valence-electron chi connectivity index (χ0n) is 51.9. The Hall–Kier alpha value is -3.15. The lowest BCUT2D eigenvalue weighted by atomic mass is 10.0. The molecule has 78 heavy (non-hydrogen) atoms. The highest BCUT2D eigenvalue weighted by Gasteiger charge is 2.19. The van der Waals surface area contributed by atoms with E-state index in [0.29, 0.717) is 19.3 Å². The van der Waals surface area contributed by atoms with Crippen molar-refractivity contribution >= 4 is 17.9 Å². The minimum absolute atomic E-state index is 0.0734. The van der Waals surface area contributed by atoms with E-state index in [1.807, 2.05) is 0 Å². The van der Waals surface area contributed by atoms with Gasteiger partial charge in [-0.2, -0.15) is 0 Å². The van der Waals surface area contributed by atoms with E-state index in [-0.39, 0.29) is 31.1 Å². The molecule has 0 saturated carbocycles. The van der Waals surface area contributed by atoms with E-state index in [9.17, 15) is 14.4 Å². The Morgan fingerprint density at radius 2 is 0.500 bits per heavy atom. The molecule has 6 nitrogen and oxygen atoms in total. The average Bonchev–Trinajstić information content (AvgIpc) is 3.44. The highest BCUT2D eigenvalue weighted by molar-refractivity contribution is 5.71. The predicted octanol–water partition coefficient (Wildman–Crippen LogP) is 23.3. The molecule has 0 N–H and O–H groups in total. The van der Waals surface area contributed by atoms with Gasteiger partial charge >= 0.3 is 17.9 Å². The van der Waals surface area contributed by atoms with Crippen LogP contribution >= 0.6 is 0 Å². The molecule has 0 heterocycles. The lowest BCUT2D eigenvalue weighted by Crippen LogP contribution is -2.30. The van der Waals surface area contributed by atoms with Gasteiger partial charge in [0.05, 0.1) is 0 Å². The van der Waals surface area contributed by atoms with Crippen LogP contribution in [0.1, 0.15) is 348 Å². The Labute approximate surface area is 484 Å². The molecule has 0 aliphatic carbocycles. The number of hydrogen-bond donors (Lipinski definition) is 0. The van der Waals surface area contributed by atoms with Crippen molar-refractivity contribution in [3.8, 4) is 0 Å². The maximum absolute atomic E-state index is 12.9. The van der Waals surface area contributed by atoms with Crippen molar-refractivity contribution in [2.24, 2.45) is 0 Å². The van der Waals surface area contributed by atoms with Crippen LogP contribution in [0, 0.1) is 0 Å². The summed E-state index contributed by atoms with van der Waals surface area (Å²) >= 11 is 0. The largest absolute Gasteiger partial charge is 0.462 e. The van der Waals surface area contributed by atoms with Gasteiger partial charge in [-0.25, -0.2) is 0 Å². The molecule has 0 rings (SSSR count). The van der Waals surface area contributed by atoms with E-state index in [1.165, 1.54) is 212 Å². The Kier molecular flexibility index (Phi) is 63.7. The van der Waals surface area contributed by atoms with Crippen LogP contribution in [0.4, 0.5) is 0 Å². The summed E-state index contributed by atoms with van der Waals surface area (Å²) in [4.78, 5) is 38.4. The van der Waals surface area contributed by atoms with Crippen molar-refractivity contribution in [1.82, 2.24) is 0 Å². The van der Waals surface area contributed by atoms with Crippen LogP contribution in [0.3, 0.4) is 0 Å². The first-order valence-corrected chi connectivity index (χ1v) is 33.9. The number of esters is 3. The highest BCUT2D eigenvalue weighted by Crippen LogP contribution is 2.18. The first kappa shape index (κ1) is 74.8. The van der Waals surface area contributed by atoms with Crippen molar-refractivity contribution in [3.63, 3.8) is 0 Å². The molecule has 0 aromatic carbocycles. The van der Waals surface area contributed by atoms with Crippen LogP contribution in [-0.2, 0) is 28.6 Å². The van der Waals surface area contributed by atoms with Gasteiger partial charge < -0.3 is 14.2 Å². The van der Waals surface area contributed by atoms with Crippen molar-refractivity contribution in [1.29, 1.82) is 0 Å². The van der Waals surface area contributed by atoms with Gasteiger partial charge in [0, 0.05) is 19.3 Å². The second-order valence-corrected chi connectivity index (χ2v) is 22.7. The fourth-order valence-corrected chi connectivity index (χ4v) is 9.88. The van der Waals surface area contributed by atoms with Gasteiger partial charge in [-0.05, 0) is 89.9 Å². The Balaban J connectivity index is 4.23. The van der Waals surface area contributed by atoms with E-state index in [1.54, 1.807) is 0 Å². The third-order valence-electron chi connectivity index (χ3n) is 14.9. The normalized spacial score (nSPS) is 12.5. The second-order valence-electron chi connectivity index (χ2n) is 22.7. The highest BCUT2D eigenvalue weighted by atomic mass is 16.6. The average molecular weight is 1090 g/mol. The van der Waals surface area contributed by atoms with E-state index in [4.69, 9.17) is 14.2 Å². The summed E-state index contributed by atoms with van der Waals surface area (Å²) in [5.74, 6) is -0.861. The minimum Gasteiger partial charge on any atom is -0.462 e. The molecule has 0 saturated heterocycles. The molecule has 0 bridgehead atoms. The molecule has 1 unspecified atom stereocenters. The number of carbonyl (C=O) groups excluding carboxylic acids is 3. The van der Waals surface area contributed by atoms with Gasteiger partial charge in [0.1, 0.15) is 13.2 Å². The number of rotatable bonds is 62. The van der Waals surface area contributed by atoms with Gasteiger partial charge in [0.15, 0.2) is 6.10 Å². The van der Waals surface area contributed by atoms with E-state index < -0.39 is 6.10 Å². The van der Waals surface area contributed by atoms with Crippen molar-refractivity contribution in [2.75, 3.05) is 13.2 Å². The zero-order chi connectivity index (χ0) is 56.4. The van der Waals surface area contributed by atoms with E-state index >= 15 is 0 Å². The third kappa shape index (κ3) is 63.7. The summed E-state index contributed by atoms with van der Waals surface area (Å²) in [5, 5.41) is 0. The van der Waals surface area contributed by atoms with Crippen molar-refractivity contribution in [2.45, 2.75) is 354 Å². The molecule has 0 aliphatic heterocycles. The first-order chi connectivity index (χ1) is 38.5. The predicted molar refractivity (Wildman–Crippen MR) is 339 cm³/mol. The third-order valence-corrected chi connectivity index (χ3v) is 14.9. The summed E-state index contributed by atoms with van der Waals surface area (Å²) in [6.07, 6.45) is 86.3. The molecule has 0 fully saturated rings. The first-order valence-electron chi connectivity index (χ1n) is 33.9.